The highest BCUT2D eigenvalue weighted by atomic mass is 79.9. The van der Waals surface area contributed by atoms with Crippen LogP contribution in [0.2, 0.25) is 0 Å². The van der Waals surface area contributed by atoms with Gasteiger partial charge in [-0.05, 0) is 31.5 Å². The van der Waals surface area contributed by atoms with Gasteiger partial charge in [0.15, 0.2) is 6.10 Å². The molecule has 2 rings (SSSR count). The summed E-state index contributed by atoms with van der Waals surface area (Å²) in [6.07, 6.45) is -0.864. The Morgan fingerprint density at radius 3 is 2.76 bits per heavy atom. The van der Waals surface area contributed by atoms with Gasteiger partial charge in [-0.15, -0.1) is 0 Å². The van der Waals surface area contributed by atoms with Gasteiger partial charge in [-0.3, -0.25) is 0 Å². The van der Waals surface area contributed by atoms with E-state index < -0.39 is 12.1 Å². The number of carboxylic acids is 1. The zero-order chi connectivity index (χ0) is 12.8. The van der Waals surface area contributed by atoms with Crippen molar-refractivity contribution < 1.29 is 19.7 Å². The number of aliphatic carboxylic acids is 1. The molecule has 5 heteroatoms. The topological polar surface area (TPSA) is 66.8 Å². The SMILES string of the molecule is CC1(C)Cc2cc(Br)cc(C(O)C(=O)O)c2O1. The van der Waals surface area contributed by atoms with Crippen LogP contribution in [-0.4, -0.2) is 21.8 Å². The van der Waals surface area contributed by atoms with Gasteiger partial charge in [0.2, 0.25) is 0 Å². The van der Waals surface area contributed by atoms with Crippen molar-refractivity contribution in [2.45, 2.75) is 32.0 Å². The monoisotopic (exact) mass is 300 g/mol. The summed E-state index contributed by atoms with van der Waals surface area (Å²) in [5, 5.41) is 18.5. The molecule has 0 saturated carbocycles. The molecule has 1 aliphatic rings. The summed E-state index contributed by atoms with van der Waals surface area (Å²) in [7, 11) is 0. The predicted molar refractivity (Wildman–Crippen MR) is 65.1 cm³/mol. The number of hydrogen-bond acceptors (Lipinski definition) is 3. The zero-order valence-electron chi connectivity index (χ0n) is 9.53. The number of fused-ring (bicyclic) bond motifs is 1. The van der Waals surface area contributed by atoms with Crippen LogP contribution in [0.3, 0.4) is 0 Å². The summed E-state index contributed by atoms with van der Waals surface area (Å²) < 4.78 is 6.45. The minimum absolute atomic E-state index is 0.299. The highest BCUT2D eigenvalue weighted by Gasteiger charge is 2.34. The number of halogens is 1. The highest BCUT2D eigenvalue weighted by molar-refractivity contribution is 9.10. The molecule has 0 saturated heterocycles. The van der Waals surface area contributed by atoms with E-state index >= 15 is 0 Å². The largest absolute Gasteiger partial charge is 0.487 e. The molecule has 1 heterocycles. The van der Waals surface area contributed by atoms with E-state index in [1.165, 1.54) is 0 Å². The molecule has 17 heavy (non-hydrogen) atoms. The van der Waals surface area contributed by atoms with Crippen molar-refractivity contribution in [2.75, 3.05) is 0 Å². The maximum atomic E-state index is 10.9. The summed E-state index contributed by atoms with van der Waals surface area (Å²) in [5.41, 5.74) is 0.850. The van der Waals surface area contributed by atoms with E-state index in [0.29, 0.717) is 17.7 Å². The number of aliphatic hydroxyl groups is 1. The standard InChI is InChI=1S/C12H13BrO4/c1-12(2)5-6-3-7(13)4-8(10(6)17-12)9(14)11(15)16/h3-4,9,14H,5H2,1-2H3,(H,15,16). The molecule has 0 bridgehead atoms. The van der Waals surface area contributed by atoms with E-state index in [-0.39, 0.29) is 5.60 Å². The van der Waals surface area contributed by atoms with Crippen LogP contribution in [0.25, 0.3) is 0 Å². The molecule has 0 aliphatic carbocycles. The third-order valence-electron chi connectivity index (χ3n) is 2.68. The van der Waals surface area contributed by atoms with Crippen molar-refractivity contribution in [3.63, 3.8) is 0 Å². The van der Waals surface area contributed by atoms with Crippen LogP contribution < -0.4 is 4.74 Å². The predicted octanol–water partition coefficient (Wildman–Crippen LogP) is 2.28. The van der Waals surface area contributed by atoms with Crippen LogP contribution >= 0.6 is 15.9 Å². The first kappa shape index (κ1) is 12.4. The van der Waals surface area contributed by atoms with Crippen molar-refractivity contribution in [3.8, 4) is 5.75 Å². The fraction of sp³-hybridized carbons (Fsp3) is 0.417. The number of rotatable bonds is 2. The quantitative estimate of drug-likeness (QED) is 0.879. The lowest BCUT2D eigenvalue weighted by molar-refractivity contribution is -0.147. The zero-order valence-corrected chi connectivity index (χ0v) is 11.1. The lowest BCUT2D eigenvalue weighted by Gasteiger charge is -2.19. The Morgan fingerprint density at radius 1 is 1.53 bits per heavy atom. The molecule has 1 atom stereocenters. The summed E-state index contributed by atoms with van der Waals surface area (Å²) in [6.45, 7) is 3.86. The Labute approximate surface area is 107 Å². The maximum Gasteiger partial charge on any atom is 0.337 e. The van der Waals surface area contributed by atoms with Gasteiger partial charge in [0.1, 0.15) is 11.4 Å². The maximum absolute atomic E-state index is 10.9. The van der Waals surface area contributed by atoms with Gasteiger partial charge >= 0.3 is 5.97 Å². The van der Waals surface area contributed by atoms with Crippen LogP contribution in [0.5, 0.6) is 5.75 Å². The second-order valence-electron chi connectivity index (χ2n) is 4.76. The Morgan fingerprint density at radius 2 is 2.18 bits per heavy atom. The molecule has 1 unspecified atom stereocenters. The molecule has 0 radical (unpaired) electrons. The number of carbonyl (C=O) groups is 1. The lowest BCUT2D eigenvalue weighted by Crippen LogP contribution is -2.25. The lowest BCUT2D eigenvalue weighted by atomic mass is 9.99. The number of ether oxygens (including phenoxy) is 1. The number of hydrogen-bond donors (Lipinski definition) is 2. The van der Waals surface area contributed by atoms with Crippen LogP contribution in [0.4, 0.5) is 0 Å². The molecule has 92 valence electrons. The van der Waals surface area contributed by atoms with Gasteiger partial charge < -0.3 is 14.9 Å². The van der Waals surface area contributed by atoms with E-state index in [1.807, 2.05) is 19.9 Å². The molecule has 0 aromatic heterocycles. The molecule has 4 nitrogen and oxygen atoms in total. The second-order valence-corrected chi connectivity index (χ2v) is 5.68. The third-order valence-corrected chi connectivity index (χ3v) is 3.14. The fourth-order valence-corrected chi connectivity index (χ4v) is 2.56. The first-order valence-electron chi connectivity index (χ1n) is 5.22. The molecular formula is C12H13BrO4. The third kappa shape index (κ3) is 2.30. The second kappa shape index (κ2) is 3.99. The van der Waals surface area contributed by atoms with Gasteiger partial charge in [-0.25, -0.2) is 4.79 Å². The Hall–Kier alpha value is -1.07. The molecule has 0 fully saturated rings. The number of aliphatic hydroxyl groups excluding tert-OH is 1. The Balaban J connectivity index is 2.52. The van der Waals surface area contributed by atoms with Crippen molar-refractivity contribution in [2.24, 2.45) is 0 Å². The first-order valence-corrected chi connectivity index (χ1v) is 6.02. The Bertz CT molecular complexity index is 482. The molecule has 1 aromatic rings. The molecular weight excluding hydrogens is 288 g/mol. The van der Waals surface area contributed by atoms with E-state index in [1.54, 1.807) is 6.07 Å². The van der Waals surface area contributed by atoms with E-state index in [2.05, 4.69) is 15.9 Å². The average Bonchev–Trinajstić information content (AvgIpc) is 2.49. The smallest absolute Gasteiger partial charge is 0.337 e. The summed E-state index contributed by atoms with van der Waals surface area (Å²) in [5.74, 6) is -0.785. The van der Waals surface area contributed by atoms with E-state index in [0.717, 1.165) is 10.0 Å². The van der Waals surface area contributed by atoms with Crippen LogP contribution in [-0.2, 0) is 11.2 Å². The van der Waals surface area contributed by atoms with Crippen molar-refractivity contribution >= 4 is 21.9 Å². The molecule has 1 aliphatic heterocycles. The summed E-state index contributed by atoms with van der Waals surface area (Å²) in [4.78, 5) is 10.9. The van der Waals surface area contributed by atoms with E-state index in [4.69, 9.17) is 9.84 Å². The van der Waals surface area contributed by atoms with Gasteiger partial charge in [0.25, 0.3) is 0 Å². The summed E-state index contributed by atoms with van der Waals surface area (Å²) >= 11 is 3.31. The van der Waals surface area contributed by atoms with Gasteiger partial charge in [-0.1, -0.05) is 15.9 Å². The van der Waals surface area contributed by atoms with Crippen LogP contribution in [0, 0.1) is 0 Å². The van der Waals surface area contributed by atoms with Crippen molar-refractivity contribution in [1.29, 1.82) is 0 Å². The number of benzene rings is 1. The average molecular weight is 301 g/mol. The number of carboxylic acid groups (broad SMARTS) is 1. The minimum atomic E-state index is -1.56. The molecule has 0 amide bonds. The normalized spacial score (nSPS) is 18.4. The van der Waals surface area contributed by atoms with Crippen LogP contribution in [0.1, 0.15) is 31.1 Å². The van der Waals surface area contributed by atoms with Crippen LogP contribution in [0.15, 0.2) is 16.6 Å². The Kier molecular flexibility index (Phi) is 2.91. The summed E-state index contributed by atoms with van der Waals surface area (Å²) in [6, 6.07) is 3.47. The van der Waals surface area contributed by atoms with Crippen molar-refractivity contribution in [3.05, 3.63) is 27.7 Å². The van der Waals surface area contributed by atoms with Crippen molar-refractivity contribution in [1.82, 2.24) is 0 Å². The van der Waals surface area contributed by atoms with E-state index in [9.17, 15) is 9.90 Å². The fourth-order valence-electron chi connectivity index (χ4n) is 2.04. The minimum Gasteiger partial charge on any atom is -0.487 e. The molecule has 2 N–H and O–H groups in total. The van der Waals surface area contributed by atoms with Gasteiger partial charge in [0.05, 0.1) is 0 Å². The molecule has 1 aromatic carbocycles. The van der Waals surface area contributed by atoms with Gasteiger partial charge in [-0.2, -0.15) is 0 Å². The van der Waals surface area contributed by atoms with Gasteiger partial charge in [0, 0.05) is 16.5 Å². The first-order chi connectivity index (χ1) is 7.80. The highest BCUT2D eigenvalue weighted by Crippen LogP contribution is 2.41. The molecule has 0 spiro atoms.